The molecule has 3 aromatic rings. The molecule has 0 saturated heterocycles. The molecule has 0 radical (unpaired) electrons. The molecule has 27 heavy (non-hydrogen) atoms. The molecule has 140 valence electrons. The lowest BCUT2D eigenvalue weighted by molar-refractivity contribution is 0.249. The van der Waals surface area contributed by atoms with Gasteiger partial charge in [0.05, 0.1) is 14.2 Å². The number of nitrogens with zero attached hydrogens (tertiary/aromatic N) is 2. The lowest BCUT2D eigenvalue weighted by Gasteiger charge is -2.21. The van der Waals surface area contributed by atoms with Gasteiger partial charge in [-0.15, -0.1) is 0 Å². The minimum Gasteiger partial charge on any atom is -0.497 e. The number of carbonyl (C=O) groups is 1. The van der Waals surface area contributed by atoms with Crippen molar-refractivity contribution in [2.45, 2.75) is 6.04 Å². The van der Waals surface area contributed by atoms with Gasteiger partial charge >= 0.3 is 6.03 Å². The number of ether oxygens (including phenoxy) is 2. The summed E-state index contributed by atoms with van der Waals surface area (Å²) in [6, 6.07) is 13.8. The van der Waals surface area contributed by atoms with E-state index in [9.17, 15) is 4.79 Å². The van der Waals surface area contributed by atoms with Gasteiger partial charge in [0.25, 0.3) is 0 Å². The molecule has 3 rings (SSSR count). The largest absolute Gasteiger partial charge is 0.497 e. The first-order chi connectivity index (χ1) is 13.1. The lowest BCUT2D eigenvalue weighted by atomic mass is 10.0. The summed E-state index contributed by atoms with van der Waals surface area (Å²) >= 11 is 0. The molecule has 7 heteroatoms. The maximum absolute atomic E-state index is 12.6. The number of benzene rings is 2. The molecule has 7 nitrogen and oxygen atoms in total. The quantitative estimate of drug-likeness (QED) is 0.701. The Kier molecular flexibility index (Phi) is 5.61. The van der Waals surface area contributed by atoms with Gasteiger partial charge in [-0.3, -0.25) is 0 Å². The van der Waals surface area contributed by atoms with Crippen LogP contribution < -0.4 is 20.1 Å². The van der Waals surface area contributed by atoms with Crippen molar-refractivity contribution in [2.24, 2.45) is 7.05 Å². The Balaban J connectivity index is 1.85. The fourth-order valence-electron chi connectivity index (χ4n) is 2.81. The Morgan fingerprint density at radius 2 is 1.81 bits per heavy atom. The Morgan fingerprint density at radius 1 is 1.07 bits per heavy atom. The standard InChI is InChI=1S/C20H22N4O3/c1-24-13-12-21-19(24)18(16-6-4-5-7-17(16)27-3)23-20(25)22-14-8-10-15(26-2)11-9-14/h4-13,18H,1-3H3,(H2,22,23,25). The zero-order valence-electron chi connectivity index (χ0n) is 15.5. The van der Waals surface area contributed by atoms with E-state index in [4.69, 9.17) is 9.47 Å². The molecule has 2 amide bonds. The summed E-state index contributed by atoms with van der Waals surface area (Å²) < 4.78 is 12.5. The Morgan fingerprint density at radius 3 is 2.44 bits per heavy atom. The summed E-state index contributed by atoms with van der Waals surface area (Å²) in [7, 11) is 5.08. The predicted molar refractivity (Wildman–Crippen MR) is 103 cm³/mol. The first-order valence-electron chi connectivity index (χ1n) is 8.44. The highest BCUT2D eigenvalue weighted by molar-refractivity contribution is 5.89. The number of rotatable bonds is 6. The van der Waals surface area contributed by atoms with Crippen molar-refractivity contribution in [3.63, 3.8) is 0 Å². The Hall–Kier alpha value is -3.48. The molecule has 2 N–H and O–H groups in total. The molecule has 0 saturated carbocycles. The first kappa shape index (κ1) is 18.3. The van der Waals surface area contributed by atoms with Crippen LogP contribution >= 0.6 is 0 Å². The number of amides is 2. The normalized spacial score (nSPS) is 11.5. The van der Waals surface area contributed by atoms with Gasteiger partial charge in [-0.25, -0.2) is 9.78 Å². The van der Waals surface area contributed by atoms with Gasteiger partial charge in [-0.2, -0.15) is 0 Å². The van der Waals surface area contributed by atoms with Gasteiger partial charge in [0.1, 0.15) is 23.4 Å². The van der Waals surface area contributed by atoms with Gasteiger partial charge in [0.15, 0.2) is 0 Å². The van der Waals surface area contributed by atoms with E-state index in [1.54, 1.807) is 44.7 Å². The number of aryl methyl sites for hydroxylation is 1. The predicted octanol–water partition coefficient (Wildman–Crippen LogP) is 3.35. The second kappa shape index (κ2) is 8.27. The van der Waals surface area contributed by atoms with Gasteiger partial charge in [-0.1, -0.05) is 18.2 Å². The van der Waals surface area contributed by atoms with Crippen LogP contribution in [0.25, 0.3) is 0 Å². The van der Waals surface area contributed by atoms with Crippen LogP contribution in [0.2, 0.25) is 0 Å². The SMILES string of the molecule is COc1ccc(NC(=O)NC(c2ccccc2OC)c2nccn2C)cc1. The molecule has 0 fully saturated rings. The number of hydrogen-bond acceptors (Lipinski definition) is 4. The molecule has 0 spiro atoms. The van der Waals surface area contributed by atoms with E-state index >= 15 is 0 Å². The van der Waals surface area contributed by atoms with Gasteiger partial charge in [0.2, 0.25) is 0 Å². The topological polar surface area (TPSA) is 77.4 Å². The maximum Gasteiger partial charge on any atom is 0.320 e. The van der Waals surface area contributed by atoms with Crippen LogP contribution in [0.4, 0.5) is 10.5 Å². The van der Waals surface area contributed by atoms with Crippen LogP contribution in [0.15, 0.2) is 60.9 Å². The van der Waals surface area contributed by atoms with Crippen molar-refractivity contribution in [3.8, 4) is 11.5 Å². The fourth-order valence-corrected chi connectivity index (χ4v) is 2.81. The lowest BCUT2D eigenvalue weighted by Crippen LogP contribution is -2.34. The molecule has 1 unspecified atom stereocenters. The summed E-state index contributed by atoms with van der Waals surface area (Å²) in [5, 5.41) is 5.81. The van der Waals surface area contributed by atoms with Crippen LogP contribution in [-0.2, 0) is 7.05 Å². The summed E-state index contributed by atoms with van der Waals surface area (Å²) in [5.74, 6) is 2.10. The third-order valence-corrected chi connectivity index (χ3v) is 4.19. The van der Waals surface area contributed by atoms with Gasteiger partial charge < -0.3 is 24.7 Å². The summed E-state index contributed by atoms with van der Waals surface area (Å²) in [6.45, 7) is 0. The second-order valence-electron chi connectivity index (χ2n) is 5.90. The number of nitrogens with one attached hydrogen (secondary N) is 2. The molecule has 0 bridgehead atoms. The molecular weight excluding hydrogens is 344 g/mol. The number of carbonyl (C=O) groups excluding carboxylic acids is 1. The Bertz CT molecular complexity index is 906. The highest BCUT2D eigenvalue weighted by Gasteiger charge is 2.23. The molecule has 2 aromatic carbocycles. The van der Waals surface area contributed by atoms with E-state index in [-0.39, 0.29) is 6.03 Å². The van der Waals surface area contributed by atoms with Crippen molar-refractivity contribution < 1.29 is 14.3 Å². The molecule has 1 heterocycles. The first-order valence-corrected chi connectivity index (χ1v) is 8.44. The van der Waals surface area contributed by atoms with Crippen molar-refractivity contribution in [1.82, 2.24) is 14.9 Å². The van der Waals surface area contributed by atoms with Crippen LogP contribution in [0, 0.1) is 0 Å². The average molecular weight is 366 g/mol. The molecule has 0 aliphatic carbocycles. The zero-order chi connectivity index (χ0) is 19.2. The van der Waals surface area contributed by atoms with Crippen molar-refractivity contribution in [1.29, 1.82) is 0 Å². The van der Waals surface area contributed by atoms with Crippen LogP contribution in [0.5, 0.6) is 11.5 Å². The van der Waals surface area contributed by atoms with Crippen LogP contribution in [-0.4, -0.2) is 29.8 Å². The van der Waals surface area contributed by atoms with Crippen molar-refractivity contribution in [3.05, 3.63) is 72.3 Å². The molecule has 0 aliphatic heterocycles. The number of urea groups is 1. The summed E-state index contributed by atoms with van der Waals surface area (Å²) in [5.41, 5.74) is 1.48. The number of anilines is 1. The fraction of sp³-hybridized carbons (Fsp3) is 0.200. The third kappa shape index (κ3) is 4.20. The number of para-hydroxylation sites is 1. The van der Waals surface area contributed by atoms with Crippen LogP contribution in [0.1, 0.15) is 17.4 Å². The van der Waals surface area contributed by atoms with E-state index in [0.717, 1.165) is 11.3 Å². The number of imidazole rings is 1. The minimum atomic E-state index is -0.473. The number of hydrogen-bond donors (Lipinski definition) is 2. The van der Waals surface area contributed by atoms with Gasteiger partial charge in [0, 0.05) is 30.7 Å². The number of aromatic nitrogens is 2. The minimum absolute atomic E-state index is 0.348. The monoisotopic (exact) mass is 366 g/mol. The summed E-state index contributed by atoms with van der Waals surface area (Å²) in [4.78, 5) is 17.0. The van der Waals surface area contributed by atoms with Crippen LogP contribution in [0.3, 0.4) is 0 Å². The molecule has 0 aliphatic rings. The maximum atomic E-state index is 12.6. The average Bonchev–Trinajstić information content (AvgIpc) is 3.12. The van der Waals surface area contributed by atoms with Crippen molar-refractivity contribution >= 4 is 11.7 Å². The van der Waals surface area contributed by atoms with E-state index in [1.807, 2.05) is 42.1 Å². The number of methoxy groups -OCH3 is 2. The highest BCUT2D eigenvalue weighted by atomic mass is 16.5. The van der Waals surface area contributed by atoms with E-state index in [2.05, 4.69) is 15.6 Å². The second-order valence-corrected chi connectivity index (χ2v) is 5.90. The van der Waals surface area contributed by atoms with E-state index < -0.39 is 6.04 Å². The smallest absolute Gasteiger partial charge is 0.320 e. The highest BCUT2D eigenvalue weighted by Crippen LogP contribution is 2.29. The van der Waals surface area contributed by atoms with Gasteiger partial charge in [-0.05, 0) is 30.3 Å². The molecular formula is C20H22N4O3. The van der Waals surface area contributed by atoms with Crippen molar-refractivity contribution in [2.75, 3.05) is 19.5 Å². The molecule has 1 aromatic heterocycles. The summed E-state index contributed by atoms with van der Waals surface area (Å²) in [6.07, 6.45) is 3.53. The molecule has 1 atom stereocenters. The van der Waals surface area contributed by atoms with E-state index in [0.29, 0.717) is 17.3 Å². The Labute approximate surface area is 157 Å². The zero-order valence-corrected chi connectivity index (χ0v) is 15.5. The van der Waals surface area contributed by atoms with E-state index in [1.165, 1.54) is 0 Å². The third-order valence-electron chi connectivity index (χ3n) is 4.19.